The monoisotopic (exact) mass is 364 g/mol. The molecule has 8 nitrogen and oxygen atoms in total. The van der Waals surface area contributed by atoms with Gasteiger partial charge in [0.1, 0.15) is 11.6 Å². The zero-order valence-corrected chi connectivity index (χ0v) is 14.6. The number of benzene rings is 1. The highest BCUT2D eigenvalue weighted by molar-refractivity contribution is 5.77. The first-order valence-corrected chi connectivity index (χ1v) is 8.49. The molecule has 0 unspecified atom stereocenters. The van der Waals surface area contributed by atoms with Gasteiger partial charge in [-0.1, -0.05) is 18.2 Å². The van der Waals surface area contributed by atoms with E-state index < -0.39 is 0 Å². The van der Waals surface area contributed by atoms with Crippen molar-refractivity contribution in [2.24, 2.45) is 0 Å². The summed E-state index contributed by atoms with van der Waals surface area (Å²) in [6.07, 6.45) is 3.41. The summed E-state index contributed by atoms with van der Waals surface area (Å²) < 4.78 is 5.38. The Labute approximate surface area is 157 Å². The smallest absolute Gasteiger partial charge is 0.258 e. The number of aromatic nitrogens is 3. The predicted molar refractivity (Wildman–Crippen MR) is 103 cm³/mol. The molecule has 138 valence electrons. The molecule has 0 aliphatic rings. The number of nitrogens with one attached hydrogen (secondary N) is 3. The van der Waals surface area contributed by atoms with Crippen LogP contribution in [-0.4, -0.2) is 40.8 Å². The molecule has 2 heterocycles. The van der Waals surface area contributed by atoms with E-state index in [4.69, 9.17) is 4.74 Å². The van der Waals surface area contributed by atoms with E-state index in [0.717, 1.165) is 5.69 Å². The van der Waals surface area contributed by atoms with Gasteiger partial charge in [-0.3, -0.25) is 9.78 Å². The Morgan fingerprint density at radius 1 is 0.926 bits per heavy atom. The zero-order chi connectivity index (χ0) is 18.7. The summed E-state index contributed by atoms with van der Waals surface area (Å²) in [6, 6.07) is 16.6. The van der Waals surface area contributed by atoms with Gasteiger partial charge in [-0.2, -0.15) is 0 Å². The van der Waals surface area contributed by atoms with Gasteiger partial charge in [-0.05, 0) is 36.4 Å². The molecule has 0 saturated carbocycles. The standard InChI is InChI=1S/C19H20N6O2/c26-19(14-27-16-6-2-1-3-7-16)22-12-11-21-17-8-9-18(25-24-17)23-15-5-4-10-20-13-15/h1-10,13H,11-12,14H2,(H,21,24)(H,22,26)(H,23,25). The number of carbonyl (C=O) groups excluding carboxylic acids is 1. The normalized spacial score (nSPS) is 10.1. The maximum atomic E-state index is 11.7. The molecule has 3 rings (SSSR count). The number of pyridine rings is 1. The minimum absolute atomic E-state index is 0.0153. The van der Waals surface area contributed by atoms with Crippen LogP contribution >= 0.6 is 0 Å². The van der Waals surface area contributed by atoms with E-state index >= 15 is 0 Å². The summed E-state index contributed by atoms with van der Waals surface area (Å²) in [5.74, 6) is 1.74. The summed E-state index contributed by atoms with van der Waals surface area (Å²) in [7, 11) is 0. The number of rotatable bonds is 9. The van der Waals surface area contributed by atoms with Crippen LogP contribution in [0.2, 0.25) is 0 Å². The van der Waals surface area contributed by atoms with Gasteiger partial charge < -0.3 is 20.7 Å². The molecule has 0 bridgehead atoms. The largest absolute Gasteiger partial charge is 0.484 e. The van der Waals surface area contributed by atoms with Crippen molar-refractivity contribution in [1.29, 1.82) is 0 Å². The number of hydrogen-bond acceptors (Lipinski definition) is 7. The number of para-hydroxylation sites is 1. The van der Waals surface area contributed by atoms with Crippen LogP contribution in [0.4, 0.5) is 17.3 Å². The Balaban J connectivity index is 1.33. The highest BCUT2D eigenvalue weighted by atomic mass is 16.5. The molecular weight excluding hydrogens is 344 g/mol. The van der Waals surface area contributed by atoms with Gasteiger partial charge in [0.25, 0.3) is 5.91 Å². The average Bonchev–Trinajstić information content (AvgIpc) is 2.72. The lowest BCUT2D eigenvalue weighted by atomic mass is 10.3. The van der Waals surface area contributed by atoms with Crippen LogP contribution in [0.1, 0.15) is 0 Å². The van der Waals surface area contributed by atoms with Crippen LogP contribution in [0.3, 0.4) is 0 Å². The Kier molecular flexibility index (Phi) is 6.52. The molecule has 0 saturated heterocycles. The fourth-order valence-electron chi connectivity index (χ4n) is 2.19. The molecule has 1 aromatic carbocycles. The van der Waals surface area contributed by atoms with Crippen LogP contribution in [0.5, 0.6) is 5.75 Å². The van der Waals surface area contributed by atoms with Crippen molar-refractivity contribution in [3.8, 4) is 5.75 Å². The molecule has 0 atom stereocenters. The van der Waals surface area contributed by atoms with Gasteiger partial charge in [0.15, 0.2) is 12.4 Å². The summed E-state index contributed by atoms with van der Waals surface area (Å²) in [5.41, 5.74) is 0.841. The van der Waals surface area contributed by atoms with E-state index in [-0.39, 0.29) is 12.5 Å². The molecule has 1 amide bonds. The van der Waals surface area contributed by atoms with E-state index in [1.54, 1.807) is 24.5 Å². The Hall–Kier alpha value is -3.68. The molecule has 0 aliphatic heterocycles. The third-order valence-corrected chi connectivity index (χ3v) is 3.46. The van der Waals surface area contributed by atoms with Gasteiger partial charge in [0.2, 0.25) is 0 Å². The summed E-state index contributed by atoms with van der Waals surface area (Å²) >= 11 is 0. The molecule has 2 aromatic heterocycles. The van der Waals surface area contributed by atoms with Crippen LogP contribution in [-0.2, 0) is 4.79 Å². The van der Waals surface area contributed by atoms with Crippen LogP contribution in [0, 0.1) is 0 Å². The minimum Gasteiger partial charge on any atom is -0.484 e. The fraction of sp³-hybridized carbons (Fsp3) is 0.158. The second-order valence-electron chi connectivity index (χ2n) is 5.55. The SMILES string of the molecule is O=C(COc1ccccc1)NCCNc1ccc(Nc2cccnc2)nn1. The van der Waals surface area contributed by atoms with Gasteiger partial charge in [0.05, 0.1) is 11.9 Å². The summed E-state index contributed by atoms with van der Waals surface area (Å²) in [4.78, 5) is 15.8. The average molecular weight is 364 g/mol. The maximum absolute atomic E-state index is 11.7. The Morgan fingerprint density at radius 3 is 2.48 bits per heavy atom. The van der Waals surface area contributed by atoms with Gasteiger partial charge in [0, 0.05) is 19.3 Å². The molecule has 0 fully saturated rings. The van der Waals surface area contributed by atoms with Gasteiger partial charge in [-0.25, -0.2) is 0 Å². The molecule has 0 radical (unpaired) electrons. The number of nitrogens with zero attached hydrogens (tertiary/aromatic N) is 3. The number of amides is 1. The van der Waals surface area contributed by atoms with Crippen molar-refractivity contribution in [2.45, 2.75) is 0 Å². The zero-order valence-electron chi connectivity index (χ0n) is 14.6. The van der Waals surface area contributed by atoms with E-state index in [2.05, 4.69) is 31.1 Å². The quantitative estimate of drug-likeness (QED) is 0.501. The summed E-state index contributed by atoms with van der Waals surface area (Å²) in [5, 5.41) is 17.2. The lowest BCUT2D eigenvalue weighted by Crippen LogP contribution is -2.32. The second kappa shape index (κ2) is 9.71. The number of hydrogen-bond donors (Lipinski definition) is 3. The van der Waals surface area contributed by atoms with E-state index in [1.807, 2.05) is 42.5 Å². The van der Waals surface area contributed by atoms with Crippen molar-refractivity contribution >= 4 is 23.2 Å². The number of anilines is 3. The molecule has 0 spiro atoms. The van der Waals surface area contributed by atoms with E-state index in [1.165, 1.54) is 0 Å². The lowest BCUT2D eigenvalue weighted by Gasteiger charge is -2.09. The van der Waals surface area contributed by atoms with Crippen molar-refractivity contribution in [3.63, 3.8) is 0 Å². The first-order valence-electron chi connectivity index (χ1n) is 8.49. The Bertz CT molecular complexity index is 828. The van der Waals surface area contributed by atoms with Crippen LogP contribution in [0.15, 0.2) is 67.0 Å². The first-order chi connectivity index (χ1) is 13.3. The minimum atomic E-state index is -0.178. The van der Waals surface area contributed by atoms with Crippen molar-refractivity contribution in [1.82, 2.24) is 20.5 Å². The highest BCUT2D eigenvalue weighted by Crippen LogP contribution is 2.12. The predicted octanol–water partition coefficient (Wildman–Crippen LogP) is 2.22. The van der Waals surface area contributed by atoms with Crippen LogP contribution in [0.25, 0.3) is 0 Å². The molecule has 3 N–H and O–H groups in total. The van der Waals surface area contributed by atoms with E-state index in [0.29, 0.717) is 30.5 Å². The lowest BCUT2D eigenvalue weighted by molar-refractivity contribution is -0.123. The fourth-order valence-corrected chi connectivity index (χ4v) is 2.19. The second-order valence-corrected chi connectivity index (χ2v) is 5.55. The first kappa shape index (κ1) is 18.1. The number of carbonyl (C=O) groups is 1. The van der Waals surface area contributed by atoms with Crippen molar-refractivity contribution in [3.05, 3.63) is 67.0 Å². The third-order valence-electron chi connectivity index (χ3n) is 3.46. The van der Waals surface area contributed by atoms with Crippen molar-refractivity contribution < 1.29 is 9.53 Å². The number of ether oxygens (including phenoxy) is 1. The Morgan fingerprint density at radius 2 is 1.74 bits per heavy atom. The maximum Gasteiger partial charge on any atom is 0.258 e. The summed E-state index contributed by atoms with van der Waals surface area (Å²) in [6.45, 7) is 0.966. The molecule has 8 heteroatoms. The molecule has 3 aromatic rings. The third kappa shape index (κ3) is 6.28. The topological polar surface area (TPSA) is 101 Å². The molecule has 0 aliphatic carbocycles. The van der Waals surface area contributed by atoms with Crippen LogP contribution < -0.4 is 20.7 Å². The highest BCUT2D eigenvalue weighted by Gasteiger charge is 2.02. The molecular formula is C19H20N6O2. The van der Waals surface area contributed by atoms with Gasteiger partial charge in [-0.15, -0.1) is 10.2 Å². The molecule has 27 heavy (non-hydrogen) atoms. The van der Waals surface area contributed by atoms with Gasteiger partial charge >= 0.3 is 0 Å². The van der Waals surface area contributed by atoms with Crippen molar-refractivity contribution in [2.75, 3.05) is 30.3 Å². The van der Waals surface area contributed by atoms with E-state index in [9.17, 15) is 4.79 Å².